The van der Waals surface area contributed by atoms with Crippen molar-refractivity contribution >= 4 is 5.97 Å². The lowest BCUT2D eigenvalue weighted by Crippen LogP contribution is -2.12. The fraction of sp³-hybridized carbons (Fsp3) is 0.143. The first-order valence-electron chi connectivity index (χ1n) is 6.25. The molecule has 106 valence electrons. The van der Waals surface area contributed by atoms with Gasteiger partial charge < -0.3 is 9.30 Å². The van der Waals surface area contributed by atoms with Crippen molar-refractivity contribution in [3.8, 4) is 11.3 Å². The van der Waals surface area contributed by atoms with Crippen molar-refractivity contribution in [1.82, 2.24) is 19.7 Å². The van der Waals surface area contributed by atoms with Gasteiger partial charge in [-0.15, -0.1) is 0 Å². The number of esters is 1. The Balaban J connectivity index is 2.10. The zero-order chi connectivity index (χ0) is 14.8. The molecule has 3 heterocycles. The molecule has 0 amide bonds. The Hall–Kier alpha value is -2.96. The quantitative estimate of drug-likeness (QED) is 0.722. The number of nitrogens with zero attached hydrogens (tertiary/aromatic N) is 3. The van der Waals surface area contributed by atoms with Gasteiger partial charge in [-0.3, -0.25) is 9.78 Å². The standard InChI is InChI=1S/C14H12N4O3/c1-21-14(20)11-8-18(6-9-4-2-3-5-15-9)7-10-12(11)16-17-13(10)19/h2-5,7-8H,6H2,1H3,(H,17,19). The maximum absolute atomic E-state index is 11.8. The van der Waals surface area contributed by atoms with Crippen molar-refractivity contribution in [1.29, 1.82) is 0 Å². The van der Waals surface area contributed by atoms with Crippen molar-refractivity contribution in [2.75, 3.05) is 7.11 Å². The number of ether oxygens (including phenoxy) is 1. The molecule has 21 heavy (non-hydrogen) atoms. The van der Waals surface area contributed by atoms with Crippen LogP contribution in [0.5, 0.6) is 0 Å². The summed E-state index contributed by atoms with van der Waals surface area (Å²) in [6.45, 7) is 0.436. The molecule has 1 N–H and O–H groups in total. The van der Waals surface area contributed by atoms with E-state index in [1.54, 1.807) is 23.2 Å². The van der Waals surface area contributed by atoms with Crippen molar-refractivity contribution in [2.45, 2.75) is 6.54 Å². The zero-order valence-corrected chi connectivity index (χ0v) is 11.2. The van der Waals surface area contributed by atoms with Gasteiger partial charge in [-0.25, -0.2) is 9.89 Å². The van der Waals surface area contributed by atoms with Gasteiger partial charge in [-0.1, -0.05) is 6.07 Å². The predicted octanol–water partition coefficient (Wildman–Crippen LogP) is 0.906. The van der Waals surface area contributed by atoms with Gasteiger partial charge in [0.05, 0.1) is 24.9 Å². The van der Waals surface area contributed by atoms with E-state index in [0.29, 0.717) is 17.8 Å². The minimum Gasteiger partial charge on any atom is -0.465 e. The molecule has 1 aromatic heterocycles. The van der Waals surface area contributed by atoms with Gasteiger partial charge in [0, 0.05) is 18.6 Å². The normalized spacial score (nSPS) is 10.7. The molecule has 0 unspecified atom stereocenters. The summed E-state index contributed by atoms with van der Waals surface area (Å²) in [6.07, 6.45) is 4.93. The van der Waals surface area contributed by atoms with E-state index in [9.17, 15) is 9.59 Å². The summed E-state index contributed by atoms with van der Waals surface area (Å²) in [5.74, 6) is -0.540. The summed E-state index contributed by atoms with van der Waals surface area (Å²) in [5.41, 5.74) is 1.36. The van der Waals surface area contributed by atoms with Crippen LogP contribution in [-0.4, -0.2) is 32.8 Å². The van der Waals surface area contributed by atoms with E-state index in [4.69, 9.17) is 4.74 Å². The van der Waals surface area contributed by atoms with E-state index in [1.807, 2.05) is 18.2 Å². The lowest BCUT2D eigenvalue weighted by atomic mass is 10.1. The Morgan fingerprint density at radius 2 is 2.24 bits per heavy atom. The van der Waals surface area contributed by atoms with Gasteiger partial charge in [-0.05, 0) is 12.1 Å². The minimum atomic E-state index is -0.540. The number of fused-ring (bicyclic) bond motifs is 1. The molecular weight excluding hydrogens is 272 g/mol. The number of rotatable bonds is 3. The second-order valence-electron chi connectivity index (χ2n) is 4.47. The molecule has 7 heteroatoms. The summed E-state index contributed by atoms with van der Waals surface area (Å²) >= 11 is 0. The lowest BCUT2D eigenvalue weighted by molar-refractivity contribution is 0.0600. The topological polar surface area (TPSA) is 89.9 Å². The molecule has 7 nitrogen and oxygen atoms in total. The number of methoxy groups -OCH3 is 1. The Bertz CT molecular complexity index is 807. The highest BCUT2D eigenvalue weighted by Crippen LogP contribution is 2.20. The third-order valence-corrected chi connectivity index (χ3v) is 3.09. The van der Waals surface area contributed by atoms with Crippen LogP contribution < -0.4 is 5.56 Å². The maximum atomic E-state index is 11.8. The largest absolute Gasteiger partial charge is 0.465 e. The molecule has 3 rings (SSSR count). The molecule has 2 aliphatic rings. The molecule has 0 saturated heterocycles. The van der Waals surface area contributed by atoms with Crippen molar-refractivity contribution in [2.24, 2.45) is 0 Å². The SMILES string of the molecule is COC(=O)c1cn(Cc2ccccn2)cc2c(=O)[nH]nc1-2. The van der Waals surface area contributed by atoms with E-state index >= 15 is 0 Å². The zero-order valence-electron chi connectivity index (χ0n) is 11.2. The Labute approximate surface area is 119 Å². The number of hydrogen-bond acceptors (Lipinski definition) is 5. The van der Waals surface area contributed by atoms with Gasteiger partial charge in [0.25, 0.3) is 5.56 Å². The first-order chi connectivity index (χ1) is 10.2. The average molecular weight is 284 g/mol. The lowest BCUT2D eigenvalue weighted by Gasteiger charge is -2.11. The van der Waals surface area contributed by atoms with Gasteiger partial charge in [0.15, 0.2) is 0 Å². The monoisotopic (exact) mass is 284 g/mol. The van der Waals surface area contributed by atoms with Crippen LogP contribution in [0.25, 0.3) is 11.3 Å². The fourth-order valence-electron chi connectivity index (χ4n) is 2.12. The third-order valence-electron chi connectivity index (χ3n) is 3.09. The van der Waals surface area contributed by atoms with Crippen LogP contribution in [0, 0.1) is 0 Å². The highest BCUT2D eigenvalue weighted by atomic mass is 16.5. The second-order valence-corrected chi connectivity index (χ2v) is 4.47. The van der Waals surface area contributed by atoms with Crippen LogP contribution in [0.2, 0.25) is 0 Å². The Morgan fingerprint density at radius 3 is 2.95 bits per heavy atom. The summed E-state index contributed by atoms with van der Waals surface area (Å²) in [5, 5.41) is 6.21. The first kappa shape index (κ1) is 13.0. The number of H-pyrrole nitrogens is 1. The van der Waals surface area contributed by atoms with Crippen molar-refractivity contribution in [3.05, 3.63) is 58.4 Å². The van der Waals surface area contributed by atoms with Gasteiger partial charge in [0.1, 0.15) is 11.3 Å². The third kappa shape index (κ3) is 2.40. The van der Waals surface area contributed by atoms with Crippen LogP contribution in [0.4, 0.5) is 0 Å². The highest BCUT2D eigenvalue weighted by molar-refractivity contribution is 5.95. The fourth-order valence-corrected chi connectivity index (χ4v) is 2.12. The van der Waals surface area contributed by atoms with Crippen molar-refractivity contribution < 1.29 is 9.53 Å². The van der Waals surface area contributed by atoms with E-state index < -0.39 is 5.97 Å². The predicted molar refractivity (Wildman–Crippen MR) is 74.1 cm³/mol. The first-order valence-corrected chi connectivity index (χ1v) is 6.25. The molecule has 0 spiro atoms. The molecule has 0 atom stereocenters. The molecule has 0 aliphatic carbocycles. The number of nitrogens with one attached hydrogen (secondary N) is 1. The van der Waals surface area contributed by atoms with E-state index in [-0.39, 0.29) is 11.1 Å². The Kier molecular flexibility index (Phi) is 3.23. The minimum absolute atomic E-state index is 0.240. The highest BCUT2D eigenvalue weighted by Gasteiger charge is 2.21. The maximum Gasteiger partial charge on any atom is 0.341 e. The number of aromatic nitrogens is 4. The van der Waals surface area contributed by atoms with Crippen LogP contribution in [0.15, 0.2) is 41.6 Å². The molecule has 0 saturated carbocycles. The van der Waals surface area contributed by atoms with Crippen LogP contribution in [0.3, 0.4) is 0 Å². The molecule has 2 aliphatic heterocycles. The molecule has 0 radical (unpaired) electrons. The summed E-state index contributed by atoms with van der Waals surface area (Å²) in [6, 6.07) is 5.56. The molecule has 0 aromatic carbocycles. The van der Waals surface area contributed by atoms with Crippen LogP contribution >= 0.6 is 0 Å². The number of aromatic amines is 1. The molecular formula is C14H12N4O3. The van der Waals surface area contributed by atoms with Gasteiger partial charge >= 0.3 is 5.97 Å². The van der Waals surface area contributed by atoms with Crippen molar-refractivity contribution in [3.63, 3.8) is 0 Å². The number of carbonyl (C=O) groups is 1. The van der Waals surface area contributed by atoms with Crippen LogP contribution in [0.1, 0.15) is 16.1 Å². The van der Waals surface area contributed by atoms with Gasteiger partial charge in [-0.2, -0.15) is 5.10 Å². The Morgan fingerprint density at radius 1 is 1.38 bits per heavy atom. The smallest absolute Gasteiger partial charge is 0.341 e. The summed E-state index contributed by atoms with van der Waals surface area (Å²) in [4.78, 5) is 27.8. The molecule has 0 bridgehead atoms. The molecule has 1 aromatic rings. The second kappa shape index (κ2) is 5.20. The number of carbonyl (C=O) groups excluding carboxylic acids is 1. The van der Waals surface area contributed by atoms with E-state index in [0.717, 1.165) is 5.69 Å². The molecule has 0 fully saturated rings. The van der Waals surface area contributed by atoms with Gasteiger partial charge in [0.2, 0.25) is 0 Å². The average Bonchev–Trinajstić information content (AvgIpc) is 2.88. The number of hydrogen-bond donors (Lipinski definition) is 1. The van der Waals surface area contributed by atoms with E-state index in [2.05, 4.69) is 15.2 Å². The van der Waals surface area contributed by atoms with E-state index in [1.165, 1.54) is 7.11 Å². The summed E-state index contributed by atoms with van der Waals surface area (Å²) < 4.78 is 6.45. The number of pyridine rings is 2. The van der Waals surface area contributed by atoms with Crippen LogP contribution in [-0.2, 0) is 11.3 Å². The summed E-state index contributed by atoms with van der Waals surface area (Å²) in [7, 11) is 1.29.